The Balaban J connectivity index is 1.44. The van der Waals surface area contributed by atoms with Gasteiger partial charge in [0.15, 0.2) is 0 Å². The highest BCUT2D eigenvalue weighted by molar-refractivity contribution is 5.83. The highest BCUT2D eigenvalue weighted by Gasteiger charge is 2.21. The molecule has 2 heteroatoms. The molecule has 1 atom stereocenters. The zero-order chi connectivity index (χ0) is 20.9. The van der Waals surface area contributed by atoms with Gasteiger partial charge in [0.2, 0.25) is 0 Å². The molecule has 0 saturated heterocycles. The van der Waals surface area contributed by atoms with Gasteiger partial charge in [0.25, 0.3) is 0 Å². The van der Waals surface area contributed by atoms with Crippen molar-refractivity contribution >= 4 is 10.8 Å². The van der Waals surface area contributed by atoms with Gasteiger partial charge in [0.05, 0.1) is 6.10 Å². The average Bonchev–Trinajstić information content (AvgIpc) is 2.79. The maximum absolute atomic E-state index is 14.0. The largest absolute Gasteiger partial charge is 0.376 e. The van der Waals surface area contributed by atoms with E-state index in [0.717, 1.165) is 23.3 Å². The van der Waals surface area contributed by atoms with Crippen molar-refractivity contribution in [3.63, 3.8) is 0 Å². The molecule has 1 nitrogen and oxygen atoms in total. The Hall–Kier alpha value is -2.45. The highest BCUT2D eigenvalue weighted by Crippen LogP contribution is 2.36. The molecule has 0 radical (unpaired) electrons. The fourth-order valence-electron chi connectivity index (χ4n) is 4.86. The Labute approximate surface area is 179 Å². The highest BCUT2D eigenvalue weighted by atomic mass is 19.1. The van der Waals surface area contributed by atoms with Crippen LogP contribution in [0.1, 0.15) is 61.3 Å². The van der Waals surface area contributed by atoms with E-state index < -0.39 is 0 Å². The molecule has 30 heavy (non-hydrogen) atoms. The van der Waals surface area contributed by atoms with Gasteiger partial charge in [-0.1, -0.05) is 60.7 Å². The van der Waals surface area contributed by atoms with Gasteiger partial charge in [0, 0.05) is 18.9 Å². The molecule has 0 aliphatic heterocycles. The van der Waals surface area contributed by atoms with Crippen LogP contribution in [0.5, 0.6) is 0 Å². The summed E-state index contributed by atoms with van der Waals surface area (Å²) in [5, 5.41) is 1.57. The van der Waals surface area contributed by atoms with Crippen molar-refractivity contribution in [3.05, 3.63) is 95.3 Å². The van der Waals surface area contributed by atoms with Crippen LogP contribution in [-0.4, -0.2) is 7.11 Å². The zero-order valence-electron chi connectivity index (χ0n) is 18.0. The SMILES string of the molecule is C/C=C/C1CCC(c2ccc(CC(OC)c3ccc4c(F)cccc4c3)cc2)CC1. The average molecular weight is 403 g/mol. The lowest BCUT2D eigenvalue weighted by Crippen LogP contribution is -2.12. The second-order valence-electron chi connectivity index (χ2n) is 8.53. The molecule has 0 spiro atoms. The molecule has 1 aliphatic carbocycles. The van der Waals surface area contributed by atoms with Gasteiger partial charge in [-0.3, -0.25) is 0 Å². The molecular weight excluding hydrogens is 371 g/mol. The number of halogens is 1. The third-order valence-corrected chi connectivity index (χ3v) is 6.62. The van der Waals surface area contributed by atoms with Crippen molar-refractivity contribution in [1.82, 2.24) is 0 Å². The van der Waals surface area contributed by atoms with Crippen LogP contribution in [0.3, 0.4) is 0 Å². The maximum Gasteiger partial charge on any atom is 0.131 e. The first-order valence-corrected chi connectivity index (χ1v) is 11.1. The molecule has 0 bridgehead atoms. The summed E-state index contributed by atoms with van der Waals surface area (Å²) in [4.78, 5) is 0. The minimum absolute atomic E-state index is 0.0419. The predicted molar refractivity (Wildman–Crippen MR) is 123 cm³/mol. The molecule has 1 fully saturated rings. The summed E-state index contributed by atoms with van der Waals surface area (Å²) >= 11 is 0. The second-order valence-corrected chi connectivity index (χ2v) is 8.53. The molecule has 1 unspecified atom stereocenters. The molecule has 0 aromatic heterocycles. The lowest BCUT2D eigenvalue weighted by Gasteiger charge is -2.27. The zero-order valence-corrected chi connectivity index (χ0v) is 18.0. The fraction of sp³-hybridized carbons (Fsp3) is 0.357. The molecule has 1 aliphatic rings. The van der Waals surface area contributed by atoms with Gasteiger partial charge >= 0.3 is 0 Å². The number of methoxy groups -OCH3 is 1. The lowest BCUT2D eigenvalue weighted by atomic mass is 9.78. The van der Waals surface area contributed by atoms with E-state index in [1.54, 1.807) is 13.2 Å². The fourth-order valence-corrected chi connectivity index (χ4v) is 4.86. The van der Waals surface area contributed by atoms with Gasteiger partial charge in [-0.25, -0.2) is 4.39 Å². The molecule has 4 rings (SSSR count). The van der Waals surface area contributed by atoms with Crippen molar-refractivity contribution < 1.29 is 9.13 Å². The summed E-state index contributed by atoms with van der Waals surface area (Å²) in [5.41, 5.74) is 3.82. The Morgan fingerprint density at radius 2 is 1.77 bits per heavy atom. The van der Waals surface area contributed by atoms with Gasteiger partial charge in [-0.05, 0) is 78.7 Å². The van der Waals surface area contributed by atoms with Crippen molar-refractivity contribution in [3.8, 4) is 0 Å². The van der Waals surface area contributed by atoms with Crippen molar-refractivity contribution in [2.75, 3.05) is 7.11 Å². The van der Waals surface area contributed by atoms with Crippen LogP contribution in [0.2, 0.25) is 0 Å². The van der Waals surface area contributed by atoms with Crippen LogP contribution in [0, 0.1) is 11.7 Å². The smallest absolute Gasteiger partial charge is 0.131 e. The summed E-state index contributed by atoms with van der Waals surface area (Å²) in [7, 11) is 1.75. The van der Waals surface area contributed by atoms with E-state index in [-0.39, 0.29) is 11.9 Å². The standard InChI is InChI=1S/C28H31FO/c1-3-5-20-8-12-22(13-9-20)23-14-10-21(11-15-23)18-28(30-2)25-16-17-26-24(19-25)6-4-7-27(26)29/h3-7,10-11,14-17,19-20,22,28H,8-9,12-13,18H2,1-2H3/b5-3+. The third kappa shape index (κ3) is 4.65. The van der Waals surface area contributed by atoms with Crippen LogP contribution in [0.15, 0.2) is 72.8 Å². The normalized spacial score (nSPS) is 20.6. The van der Waals surface area contributed by atoms with E-state index in [4.69, 9.17) is 4.74 Å². The van der Waals surface area contributed by atoms with E-state index in [9.17, 15) is 4.39 Å². The van der Waals surface area contributed by atoms with Crippen molar-refractivity contribution in [1.29, 1.82) is 0 Å². The summed E-state index contributed by atoms with van der Waals surface area (Å²) in [5.74, 6) is 1.28. The predicted octanol–water partition coefficient (Wildman–Crippen LogP) is 7.76. The second kappa shape index (κ2) is 9.57. The summed E-state index contributed by atoms with van der Waals surface area (Å²) < 4.78 is 19.8. The first-order chi connectivity index (χ1) is 14.7. The first kappa shape index (κ1) is 20.8. The lowest BCUT2D eigenvalue weighted by molar-refractivity contribution is 0.104. The monoisotopic (exact) mass is 402 g/mol. The van der Waals surface area contributed by atoms with E-state index in [0.29, 0.717) is 11.3 Å². The van der Waals surface area contributed by atoms with Gasteiger partial charge in [0.1, 0.15) is 5.82 Å². The Morgan fingerprint density at radius 1 is 1.00 bits per heavy atom. The number of ether oxygens (including phenoxy) is 1. The molecular formula is C28H31FO. The van der Waals surface area contributed by atoms with E-state index in [1.165, 1.54) is 42.9 Å². The summed E-state index contributed by atoms with van der Waals surface area (Å²) in [6, 6.07) is 20.2. The van der Waals surface area contributed by atoms with Gasteiger partial charge in [-0.15, -0.1) is 0 Å². The molecule has 0 N–H and O–H groups in total. The van der Waals surface area contributed by atoms with Crippen LogP contribution in [0.4, 0.5) is 4.39 Å². The molecule has 0 heterocycles. The van der Waals surface area contributed by atoms with Crippen molar-refractivity contribution in [2.24, 2.45) is 5.92 Å². The van der Waals surface area contributed by atoms with E-state index in [2.05, 4.69) is 43.3 Å². The molecule has 3 aromatic carbocycles. The number of allylic oxidation sites excluding steroid dienone is 2. The number of benzene rings is 3. The minimum atomic E-state index is -0.177. The molecule has 0 amide bonds. The first-order valence-electron chi connectivity index (χ1n) is 11.1. The van der Waals surface area contributed by atoms with Crippen LogP contribution in [0.25, 0.3) is 10.8 Å². The molecule has 1 saturated carbocycles. The van der Waals surface area contributed by atoms with E-state index in [1.807, 2.05) is 24.3 Å². The quantitative estimate of drug-likeness (QED) is 0.383. The van der Waals surface area contributed by atoms with Gasteiger partial charge < -0.3 is 4.74 Å². The number of fused-ring (bicyclic) bond motifs is 1. The van der Waals surface area contributed by atoms with Crippen LogP contribution in [-0.2, 0) is 11.2 Å². The summed E-state index contributed by atoms with van der Waals surface area (Å²) in [6.07, 6.45) is 10.5. The van der Waals surface area contributed by atoms with E-state index >= 15 is 0 Å². The Bertz CT molecular complexity index is 997. The minimum Gasteiger partial charge on any atom is -0.376 e. The summed E-state index contributed by atoms with van der Waals surface area (Å²) in [6.45, 7) is 2.12. The number of hydrogen-bond donors (Lipinski definition) is 0. The topological polar surface area (TPSA) is 9.23 Å². The molecule has 156 valence electrons. The Morgan fingerprint density at radius 3 is 2.47 bits per heavy atom. The van der Waals surface area contributed by atoms with Gasteiger partial charge in [-0.2, -0.15) is 0 Å². The van der Waals surface area contributed by atoms with Crippen LogP contribution < -0.4 is 0 Å². The number of hydrogen-bond acceptors (Lipinski definition) is 1. The number of rotatable bonds is 6. The Kier molecular flexibility index (Phi) is 6.64. The third-order valence-electron chi connectivity index (χ3n) is 6.62. The van der Waals surface area contributed by atoms with Crippen molar-refractivity contribution in [2.45, 2.75) is 51.0 Å². The van der Waals surface area contributed by atoms with Crippen LogP contribution >= 0.6 is 0 Å². The molecule has 3 aromatic rings. The maximum atomic E-state index is 14.0.